The number of carbonyl (C=O) groups excluding carboxylic acids is 2. The molecule has 2 N–H and O–H groups in total. The number of amides is 2. The summed E-state index contributed by atoms with van der Waals surface area (Å²) in [5, 5.41) is 14.7. The van der Waals surface area contributed by atoms with Crippen LogP contribution >= 0.6 is 11.8 Å². The van der Waals surface area contributed by atoms with Crippen LogP contribution in [-0.4, -0.2) is 32.3 Å². The molecular weight excluding hydrogens is 386 g/mol. The number of carbonyl (C=O) groups is 2. The highest BCUT2D eigenvalue weighted by Gasteiger charge is 2.19. The van der Waals surface area contributed by atoms with Crippen LogP contribution in [-0.2, 0) is 11.8 Å². The molecule has 2 amide bonds. The predicted molar refractivity (Wildman–Crippen MR) is 114 cm³/mol. The molecule has 0 aliphatic rings. The molecule has 0 saturated carbocycles. The van der Waals surface area contributed by atoms with Gasteiger partial charge in [0.15, 0.2) is 11.0 Å². The lowest BCUT2D eigenvalue weighted by atomic mass is 10.2. The van der Waals surface area contributed by atoms with Crippen LogP contribution in [0.5, 0.6) is 0 Å². The average molecular weight is 410 g/mol. The highest BCUT2D eigenvalue weighted by atomic mass is 32.2. The first-order chi connectivity index (χ1) is 13.9. The molecule has 29 heavy (non-hydrogen) atoms. The SMILES string of the molecule is Cc1ccc(NC(=O)CSc2nnc([C@@H](C)NC(=O)c3ccccc3)n2C)cc1. The number of nitrogens with zero attached hydrogens (tertiary/aromatic N) is 3. The van der Waals surface area contributed by atoms with Gasteiger partial charge in [0.1, 0.15) is 0 Å². The number of aryl methyl sites for hydroxylation is 1. The lowest BCUT2D eigenvalue weighted by Gasteiger charge is -2.13. The number of benzene rings is 2. The monoisotopic (exact) mass is 409 g/mol. The molecule has 0 bridgehead atoms. The molecule has 1 atom stereocenters. The fourth-order valence-corrected chi connectivity index (χ4v) is 3.45. The Morgan fingerprint density at radius 2 is 1.76 bits per heavy atom. The Kier molecular flexibility index (Phi) is 6.66. The van der Waals surface area contributed by atoms with Crippen molar-refractivity contribution in [1.82, 2.24) is 20.1 Å². The van der Waals surface area contributed by atoms with Gasteiger partial charge in [0.05, 0.1) is 11.8 Å². The normalized spacial score (nSPS) is 11.7. The van der Waals surface area contributed by atoms with Crippen molar-refractivity contribution in [2.24, 2.45) is 7.05 Å². The molecule has 1 aromatic heterocycles. The van der Waals surface area contributed by atoms with Crippen LogP contribution in [0.3, 0.4) is 0 Å². The molecule has 0 spiro atoms. The number of hydrogen-bond acceptors (Lipinski definition) is 5. The van der Waals surface area contributed by atoms with Crippen LogP contribution in [0.25, 0.3) is 0 Å². The summed E-state index contributed by atoms with van der Waals surface area (Å²) in [6.45, 7) is 3.85. The quantitative estimate of drug-likeness (QED) is 0.584. The summed E-state index contributed by atoms with van der Waals surface area (Å²) in [6.07, 6.45) is 0. The highest BCUT2D eigenvalue weighted by molar-refractivity contribution is 7.99. The van der Waals surface area contributed by atoms with E-state index in [2.05, 4.69) is 20.8 Å². The Labute approximate surface area is 173 Å². The van der Waals surface area contributed by atoms with Crippen molar-refractivity contribution in [2.75, 3.05) is 11.1 Å². The van der Waals surface area contributed by atoms with Gasteiger partial charge < -0.3 is 15.2 Å². The van der Waals surface area contributed by atoms with Crippen molar-refractivity contribution in [2.45, 2.75) is 25.0 Å². The van der Waals surface area contributed by atoms with Crippen LogP contribution in [0.1, 0.15) is 34.7 Å². The number of thioether (sulfide) groups is 1. The fraction of sp³-hybridized carbons (Fsp3) is 0.238. The number of hydrogen-bond donors (Lipinski definition) is 2. The topological polar surface area (TPSA) is 88.9 Å². The third-order valence-corrected chi connectivity index (χ3v) is 5.33. The van der Waals surface area contributed by atoms with Gasteiger partial charge in [0.2, 0.25) is 5.91 Å². The molecule has 2 aromatic carbocycles. The maximum atomic E-state index is 12.3. The molecule has 0 saturated heterocycles. The second-order valence-corrected chi connectivity index (χ2v) is 7.61. The van der Waals surface area contributed by atoms with Crippen LogP contribution in [0, 0.1) is 6.92 Å². The van der Waals surface area contributed by atoms with E-state index in [1.165, 1.54) is 11.8 Å². The van der Waals surface area contributed by atoms with Gasteiger partial charge in [0.25, 0.3) is 5.91 Å². The Hall–Kier alpha value is -3.13. The number of nitrogens with one attached hydrogen (secondary N) is 2. The zero-order valence-corrected chi connectivity index (χ0v) is 17.4. The van der Waals surface area contributed by atoms with Crippen molar-refractivity contribution < 1.29 is 9.59 Å². The number of aromatic nitrogens is 3. The van der Waals surface area contributed by atoms with Crippen LogP contribution < -0.4 is 10.6 Å². The van der Waals surface area contributed by atoms with E-state index in [0.717, 1.165) is 11.3 Å². The van der Waals surface area contributed by atoms with Crippen LogP contribution in [0.4, 0.5) is 5.69 Å². The zero-order chi connectivity index (χ0) is 20.8. The Morgan fingerprint density at radius 3 is 2.45 bits per heavy atom. The molecule has 0 aliphatic heterocycles. The van der Waals surface area contributed by atoms with Crippen LogP contribution in [0.2, 0.25) is 0 Å². The molecule has 8 heteroatoms. The third-order valence-electron chi connectivity index (χ3n) is 4.31. The summed E-state index contributed by atoms with van der Waals surface area (Å²) < 4.78 is 1.79. The van der Waals surface area contributed by atoms with E-state index in [9.17, 15) is 9.59 Å². The molecule has 150 valence electrons. The van der Waals surface area contributed by atoms with Crippen molar-refractivity contribution in [3.63, 3.8) is 0 Å². The molecule has 0 unspecified atom stereocenters. The first-order valence-corrected chi connectivity index (χ1v) is 10.2. The van der Waals surface area contributed by atoms with Crippen molar-refractivity contribution in [3.05, 3.63) is 71.5 Å². The summed E-state index contributed by atoms with van der Waals surface area (Å²) >= 11 is 1.30. The molecule has 3 aromatic rings. The van der Waals surface area contributed by atoms with Crippen LogP contribution in [0.15, 0.2) is 59.8 Å². The summed E-state index contributed by atoms with van der Waals surface area (Å²) in [7, 11) is 1.82. The largest absolute Gasteiger partial charge is 0.342 e. The van der Waals surface area contributed by atoms with E-state index in [1.807, 2.05) is 63.4 Å². The van der Waals surface area contributed by atoms with Gasteiger partial charge in [0, 0.05) is 18.3 Å². The van der Waals surface area contributed by atoms with E-state index in [4.69, 9.17) is 0 Å². The van der Waals surface area contributed by atoms with E-state index in [1.54, 1.807) is 16.7 Å². The predicted octanol–water partition coefficient (Wildman–Crippen LogP) is 3.35. The lowest BCUT2D eigenvalue weighted by molar-refractivity contribution is -0.113. The van der Waals surface area contributed by atoms with Gasteiger partial charge in [-0.25, -0.2) is 0 Å². The van der Waals surface area contributed by atoms with Gasteiger partial charge in [-0.1, -0.05) is 47.7 Å². The smallest absolute Gasteiger partial charge is 0.251 e. The summed E-state index contributed by atoms with van der Waals surface area (Å²) in [5.41, 5.74) is 2.48. The second-order valence-electron chi connectivity index (χ2n) is 6.66. The minimum absolute atomic E-state index is 0.117. The molecule has 3 rings (SSSR count). The first kappa shape index (κ1) is 20.6. The zero-order valence-electron chi connectivity index (χ0n) is 16.5. The number of anilines is 1. The van der Waals surface area contributed by atoms with E-state index in [-0.39, 0.29) is 23.6 Å². The molecule has 1 heterocycles. The van der Waals surface area contributed by atoms with Crippen molar-refractivity contribution >= 4 is 29.3 Å². The molecular formula is C21H23N5O2S. The minimum atomic E-state index is -0.323. The second kappa shape index (κ2) is 9.38. The highest BCUT2D eigenvalue weighted by Crippen LogP contribution is 2.20. The molecule has 0 fully saturated rings. The van der Waals surface area contributed by atoms with Crippen molar-refractivity contribution in [3.8, 4) is 0 Å². The summed E-state index contributed by atoms with van der Waals surface area (Å²) in [6, 6.07) is 16.3. The minimum Gasteiger partial charge on any atom is -0.342 e. The standard InChI is InChI=1S/C21H23N5O2S/c1-14-9-11-17(12-10-14)23-18(27)13-29-21-25-24-19(26(21)3)15(2)22-20(28)16-7-5-4-6-8-16/h4-12,15H,13H2,1-3H3,(H,22,28)(H,23,27)/t15-/m1/s1. The maximum absolute atomic E-state index is 12.3. The van der Waals surface area contributed by atoms with E-state index >= 15 is 0 Å². The Balaban J connectivity index is 1.56. The average Bonchev–Trinajstić information content (AvgIpc) is 3.09. The third kappa shape index (κ3) is 5.45. The number of rotatable bonds is 7. The first-order valence-electron chi connectivity index (χ1n) is 9.18. The molecule has 7 nitrogen and oxygen atoms in total. The maximum Gasteiger partial charge on any atom is 0.251 e. The van der Waals surface area contributed by atoms with Gasteiger partial charge in [-0.15, -0.1) is 10.2 Å². The lowest BCUT2D eigenvalue weighted by Crippen LogP contribution is -2.28. The summed E-state index contributed by atoms with van der Waals surface area (Å²) in [5.74, 6) is 0.544. The van der Waals surface area contributed by atoms with Crippen molar-refractivity contribution in [1.29, 1.82) is 0 Å². The van der Waals surface area contributed by atoms with Gasteiger partial charge >= 0.3 is 0 Å². The molecule has 0 radical (unpaired) electrons. The van der Waals surface area contributed by atoms with Gasteiger partial charge in [-0.3, -0.25) is 9.59 Å². The van der Waals surface area contributed by atoms with E-state index < -0.39 is 0 Å². The molecule has 0 aliphatic carbocycles. The van der Waals surface area contributed by atoms with Gasteiger partial charge in [-0.05, 0) is 38.1 Å². The summed E-state index contributed by atoms with van der Waals surface area (Å²) in [4.78, 5) is 24.5. The van der Waals surface area contributed by atoms with E-state index in [0.29, 0.717) is 16.5 Å². The Bertz CT molecular complexity index is 986. The Morgan fingerprint density at radius 1 is 1.07 bits per heavy atom. The fourth-order valence-electron chi connectivity index (χ4n) is 2.73. The van der Waals surface area contributed by atoms with Gasteiger partial charge in [-0.2, -0.15) is 0 Å².